The van der Waals surface area contributed by atoms with Gasteiger partial charge in [0.1, 0.15) is 5.82 Å². The van der Waals surface area contributed by atoms with Crippen LogP contribution in [-0.4, -0.2) is 42.7 Å². The number of nitrogens with zero attached hydrogens (tertiary/aromatic N) is 3. The van der Waals surface area contributed by atoms with Gasteiger partial charge in [-0.15, -0.1) is 11.3 Å². The quantitative estimate of drug-likeness (QED) is 0.469. The van der Waals surface area contributed by atoms with E-state index < -0.39 is 0 Å². The van der Waals surface area contributed by atoms with Crippen LogP contribution in [0.2, 0.25) is 0 Å². The van der Waals surface area contributed by atoms with Crippen molar-refractivity contribution in [3.05, 3.63) is 46.7 Å². The van der Waals surface area contributed by atoms with Crippen molar-refractivity contribution in [2.45, 2.75) is 57.0 Å². The fourth-order valence-electron chi connectivity index (χ4n) is 4.28. The van der Waals surface area contributed by atoms with E-state index in [2.05, 4.69) is 45.2 Å². The maximum absolute atomic E-state index is 4.79. The first kappa shape index (κ1) is 21.1. The van der Waals surface area contributed by atoms with E-state index in [0.717, 1.165) is 29.2 Å². The Morgan fingerprint density at radius 3 is 2.53 bits per heavy atom. The molecule has 0 radical (unpaired) electrons. The Kier molecular flexibility index (Phi) is 7.18. The van der Waals surface area contributed by atoms with Crippen LogP contribution in [0.25, 0.3) is 10.9 Å². The number of unbranched alkanes of at least 4 members (excludes halogenated alkanes) is 1. The third kappa shape index (κ3) is 5.49. The molecule has 6 heteroatoms. The van der Waals surface area contributed by atoms with Crippen LogP contribution in [0, 0.1) is 0 Å². The maximum atomic E-state index is 4.79. The Balaban J connectivity index is 1.23. The van der Waals surface area contributed by atoms with E-state index in [-0.39, 0.29) is 0 Å². The fraction of sp³-hybridized carbons (Fsp3) is 0.500. The summed E-state index contributed by atoms with van der Waals surface area (Å²) in [5.41, 5.74) is 0.997. The molecule has 1 aromatic carbocycles. The van der Waals surface area contributed by atoms with E-state index in [1.807, 2.05) is 37.6 Å². The number of benzene rings is 1. The van der Waals surface area contributed by atoms with Crippen molar-refractivity contribution in [1.82, 2.24) is 15.3 Å². The van der Waals surface area contributed by atoms with Gasteiger partial charge in [-0.2, -0.15) is 4.98 Å². The highest BCUT2D eigenvalue weighted by molar-refractivity contribution is 7.09. The summed E-state index contributed by atoms with van der Waals surface area (Å²) < 4.78 is 0. The minimum Gasteiger partial charge on any atom is -0.362 e. The third-order valence-corrected chi connectivity index (χ3v) is 6.87. The number of para-hydroxylation sites is 1. The average molecular weight is 424 g/mol. The van der Waals surface area contributed by atoms with Crippen molar-refractivity contribution in [2.24, 2.45) is 0 Å². The van der Waals surface area contributed by atoms with Gasteiger partial charge < -0.3 is 15.5 Å². The second kappa shape index (κ2) is 10.2. The number of rotatable bonds is 9. The van der Waals surface area contributed by atoms with E-state index >= 15 is 0 Å². The number of anilines is 2. The lowest BCUT2D eigenvalue weighted by Gasteiger charge is -2.30. The number of aryl methyl sites for hydroxylation is 1. The molecule has 2 heterocycles. The van der Waals surface area contributed by atoms with Gasteiger partial charge >= 0.3 is 0 Å². The molecule has 0 atom stereocenters. The van der Waals surface area contributed by atoms with Crippen molar-refractivity contribution >= 4 is 34.0 Å². The van der Waals surface area contributed by atoms with Gasteiger partial charge in [0, 0.05) is 36.4 Å². The van der Waals surface area contributed by atoms with E-state index in [1.165, 1.54) is 49.8 Å². The van der Waals surface area contributed by atoms with Crippen LogP contribution in [0.3, 0.4) is 0 Å². The van der Waals surface area contributed by atoms with Crippen LogP contribution in [0.1, 0.15) is 43.4 Å². The van der Waals surface area contributed by atoms with E-state index in [0.29, 0.717) is 12.1 Å². The Bertz CT molecular complexity index is 917. The molecule has 5 nitrogen and oxygen atoms in total. The minimum absolute atomic E-state index is 0.457. The Hall–Kier alpha value is -2.18. The number of thiophene rings is 1. The molecule has 0 spiro atoms. The molecule has 0 amide bonds. The third-order valence-electron chi connectivity index (χ3n) is 5.93. The first-order valence-electron chi connectivity index (χ1n) is 11.2. The predicted molar refractivity (Wildman–Crippen MR) is 129 cm³/mol. The molecular formula is C24H33N5S. The van der Waals surface area contributed by atoms with Crippen LogP contribution < -0.4 is 15.5 Å². The number of hydrogen-bond donors (Lipinski definition) is 2. The zero-order valence-electron chi connectivity index (χ0n) is 18.1. The molecule has 1 aliphatic rings. The van der Waals surface area contributed by atoms with E-state index in [1.54, 1.807) is 0 Å². The number of hydrogen-bond acceptors (Lipinski definition) is 6. The van der Waals surface area contributed by atoms with Crippen molar-refractivity contribution in [2.75, 3.05) is 30.9 Å². The van der Waals surface area contributed by atoms with Crippen molar-refractivity contribution in [3.63, 3.8) is 0 Å². The highest BCUT2D eigenvalue weighted by Crippen LogP contribution is 2.26. The summed E-state index contributed by atoms with van der Waals surface area (Å²) in [7, 11) is 4.08. The zero-order chi connectivity index (χ0) is 20.8. The highest BCUT2D eigenvalue weighted by Gasteiger charge is 2.21. The summed E-state index contributed by atoms with van der Waals surface area (Å²) in [5.74, 6) is 1.73. The predicted octanol–water partition coefficient (Wildman–Crippen LogP) is 5.09. The molecule has 0 unspecified atom stereocenters. The molecule has 0 saturated heterocycles. The fourth-order valence-corrected chi connectivity index (χ4v) is 5.03. The lowest BCUT2D eigenvalue weighted by atomic mass is 9.91. The highest BCUT2D eigenvalue weighted by atomic mass is 32.1. The van der Waals surface area contributed by atoms with Gasteiger partial charge in [0.25, 0.3) is 0 Å². The summed E-state index contributed by atoms with van der Waals surface area (Å²) in [5, 5.41) is 10.6. The topological polar surface area (TPSA) is 53.1 Å². The maximum Gasteiger partial charge on any atom is 0.225 e. The molecule has 1 saturated carbocycles. The lowest BCUT2D eigenvalue weighted by Crippen LogP contribution is -2.37. The molecule has 1 aliphatic carbocycles. The standard InChI is InChI=1S/C24H33N5S/c1-29(2)23-21-10-3-4-11-22(21)27-24(28-23)26-19-14-12-18(13-15-19)25-16-6-5-8-20-9-7-17-30-20/h3-4,7,9-11,17-19,25H,5-6,8,12-16H2,1-2H3,(H,26,27,28)/t18-,19+. The van der Waals surface area contributed by atoms with Crippen LogP contribution in [-0.2, 0) is 6.42 Å². The van der Waals surface area contributed by atoms with Gasteiger partial charge in [0.15, 0.2) is 0 Å². The smallest absolute Gasteiger partial charge is 0.225 e. The van der Waals surface area contributed by atoms with Crippen molar-refractivity contribution < 1.29 is 0 Å². The van der Waals surface area contributed by atoms with Gasteiger partial charge in [-0.3, -0.25) is 0 Å². The summed E-state index contributed by atoms with van der Waals surface area (Å²) >= 11 is 1.87. The zero-order valence-corrected chi connectivity index (χ0v) is 18.9. The Morgan fingerprint density at radius 2 is 1.77 bits per heavy atom. The molecule has 2 aromatic heterocycles. The van der Waals surface area contributed by atoms with Crippen LogP contribution >= 0.6 is 11.3 Å². The summed E-state index contributed by atoms with van der Waals surface area (Å²) in [4.78, 5) is 13.1. The molecule has 2 N–H and O–H groups in total. The molecule has 0 bridgehead atoms. The van der Waals surface area contributed by atoms with Gasteiger partial charge in [-0.25, -0.2) is 4.98 Å². The van der Waals surface area contributed by atoms with E-state index in [4.69, 9.17) is 9.97 Å². The molecule has 1 fully saturated rings. The van der Waals surface area contributed by atoms with Crippen molar-refractivity contribution in [3.8, 4) is 0 Å². The van der Waals surface area contributed by atoms with E-state index in [9.17, 15) is 0 Å². The van der Waals surface area contributed by atoms with Crippen molar-refractivity contribution in [1.29, 1.82) is 0 Å². The average Bonchev–Trinajstić information content (AvgIpc) is 3.27. The second-order valence-corrected chi connectivity index (χ2v) is 9.50. The van der Waals surface area contributed by atoms with Gasteiger partial charge in [-0.05, 0) is 75.1 Å². The monoisotopic (exact) mass is 423 g/mol. The first-order chi connectivity index (χ1) is 14.7. The lowest BCUT2D eigenvalue weighted by molar-refractivity contribution is 0.351. The largest absolute Gasteiger partial charge is 0.362 e. The molecule has 0 aliphatic heterocycles. The Labute approximate surface area is 183 Å². The number of nitrogens with one attached hydrogen (secondary N) is 2. The molecule has 3 aromatic rings. The van der Waals surface area contributed by atoms with Crippen LogP contribution in [0.15, 0.2) is 41.8 Å². The molecule has 4 rings (SSSR count). The molecule has 160 valence electrons. The number of aromatic nitrogens is 2. The van der Waals surface area contributed by atoms with Gasteiger partial charge in [0.2, 0.25) is 5.95 Å². The van der Waals surface area contributed by atoms with Crippen LogP contribution in [0.5, 0.6) is 0 Å². The Morgan fingerprint density at radius 1 is 0.967 bits per heavy atom. The second-order valence-electron chi connectivity index (χ2n) is 8.47. The van der Waals surface area contributed by atoms with Gasteiger partial charge in [-0.1, -0.05) is 18.2 Å². The number of fused-ring (bicyclic) bond motifs is 1. The first-order valence-corrected chi connectivity index (χ1v) is 12.0. The van der Waals surface area contributed by atoms with Crippen LogP contribution in [0.4, 0.5) is 11.8 Å². The van der Waals surface area contributed by atoms with Gasteiger partial charge in [0.05, 0.1) is 5.52 Å². The minimum atomic E-state index is 0.457. The summed E-state index contributed by atoms with van der Waals surface area (Å²) in [6, 6.07) is 13.7. The molecular weight excluding hydrogens is 390 g/mol. The summed E-state index contributed by atoms with van der Waals surface area (Å²) in [6.07, 6.45) is 8.52. The normalized spacial score (nSPS) is 19.1. The summed E-state index contributed by atoms with van der Waals surface area (Å²) in [6.45, 7) is 1.13. The SMILES string of the molecule is CN(C)c1nc(N[C@H]2CC[C@@H](NCCCCc3cccs3)CC2)nc2ccccc12. The molecule has 30 heavy (non-hydrogen) atoms.